The van der Waals surface area contributed by atoms with Gasteiger partial charge in [-0.15, -0.1) is 0 Å². The van der Waals surface area contributed by atoms with Gasteiger partial charge >= 0.3 is 5.97 Å². The van der Waals surface area contributed by atoms with Crippen LogP contribution >= 0.6 is 0 Å². The van der Waals surface area contributed by atoms with Crippen molar-refractivity contribution in [2.24, 2.45) is 0 Å². The number of hydrogen-bond donors (Lipinski definition) is 0. The normalized spacial score (nSPS) is 19.0. The van der Waals surface area contributed by atoms with E-state index in [1.165, 1.54) is 11.0 Å². The molecule has 1 aromatic rings. The Morgan fingerprint density at radius 1 is 1.28 bits per heavy atom. The summed E-state index contributed by atoms with van der Waals surface area (Å²) < 4.78 is 28.1. The van der Waals surface area contributed by atoms with Gasteiger partial charge in [0.05, 0.1) is 11.5 Å². The number of sulfone groups is 1. The Morgan fingerprint density at radius 3 is 2.52 bits per heavy atom. The van der Waals surface area contributed by atoms with E-state index in [-0.39, 0.29) is 30.1 Å². The zero-order chi connectivity index (χ0) is 18.4. The van der Waals surface area contributed by atoms with Gasteiger partial charge in [0.15, 0.2) is 16.4 Å². The summed E-state index contributed by atoms with van der Waals surface area (Å²) >= 11 is 0. The molecule has 1 fully saturated rings. The Hall–Kier alpha value is -2.15. The molecule has 1 saturated heterocycles. The first-order chi connectivity index (χ1) is 11.8. The first-order valence-corrected chi connectivity index (χ1v) is 10.0. The van der Waals surface area contributed by atoms with Gasteiger partial charge < -0.3 is 9.64 Å². The first kappa shape index (κ1) is 19.2. The van der Waals surface area contributed by atoms with Gasteiger partial charge in [-0.2, -0.15) is 0 Å². The van der Waals surface area contributed by atoms with Crippen molar-refractivity contribution in [2.45, 2.75) is 26.3 Å². The number of rotatable bonds is 6. The predicted molar refractivity (Wildman–Crippen MR) is 95.6 cm³/mol. The fourth-order valence-corrected chi connectivity index (χ4v) is 4.50. The van der Waals surface area contributed by atoms with Crippen molar-refractivity contribution in [3.8, 4) is 0 Å². The molecule has 0 spiro atoms. The summed E-state index contributed by atoms with van der Waals surface area (Å²) in [5.41, 5.74) is 1.99. The van der Waals surface area contributed by atoms with Crippen LogP contribution in [0.3, 0.4) is 0 Å². The van der Waals surface area contributed by atoms with Crippen LogP contribution in [0.2, 0.25) is 0 Å². The summed E-state index contributed by atoms with van der Waals surface area (Å²) in [6.45, 7) is 3.75. The van der Waals surface area contributed by atoms with Gasteiger partial charge in [-0.1, -0.05) is 29.8 Å². The van der Waals surface area contributed by atoms with Crippen LogP contribution in [0.5, 0.6) is 0 Å². The van der Waals surface area contributed by atoms with Crippen LogP contribution in [0.15, 0.2) is 30.3 Å². The van der Waals surface area contributed by atoms with Crippen molar-refractivity contribution >= 4 is 27.8 Å². The molecule has 1 atom stereocenters. The summed E-state index contributed by atoms with van der Waals surface area (Å²) in [4.78, 5) is 25.4. The van der Waals surface area contributed by atoms with Gasteiger partial charge in [0.25, 0.3) is 5.91 Å². The molecular weight excluding hydrogens is 342 g/mol. The number of carbonyl (C=O) groups excluding carboxylic acids is 2. The highest BCUT2D eigenvalue weighted by molar-refractivity contribution is 7.91. The Bertz CT molecular complexity index is 752. The number of ether oxygens (including phenoxy) is 1. The maximum atomic E-state index is 12.2. The van der Waals surface area contributed by atoms with Gasteiger partial charge in [0, 0.05) is 18.7 Å². The van der Waals surface area contributed by atoms with E-state index in [1.807, 2.05) is 31.2 Å². The lowest BCUT2D eigenvalue weighted by atomic mass is 10.1. The molecule has 7 heteroatoms. The number of nitrogens with zero attached hydrogens (tertiary/aromatic N) is 1. The van der Waals surface area contributed by atoms with Gasteiger partial charge in [0.1, 0.15) is 0 Å². The molecule has 0 aromatic heterocycles. The summed E-state index contributed by atoms with van der Waals surface area (Å²) in [6, 6.07) is 7.30. The summed E-state index contributed by atoms with van der Waals surface area (Å²) in [6.07, 6.45) is 3.32. The Balaban J connectivity index is 1.85. The van der Waals surface area contributed by atoms with E-state index >= 15 is 0 Å². The van der Waals surface area contributed by atoms with Crippen LogP contribution in [0.25, 0.3) is 6.08 Å². The van der Waals surface area contributed by atoms with Crippen molar-refractivity contribution in [2.75, 3.05) is 24.7 Å². The number of carbonyl (C=O) groups is 2. The van der Waals surface area contributed by atoms with Crippen LogP contribution < -0.4 is 0 Å². The van der Waals surface area contributed by atoms with Crippen molar-refractivity contribution < 1.29 is 22.7 Å². The lowest BCUT2D eigenvalue weighted by Gasteiger charge is -2.26. The fourth-order valence-electron chi connectivity index (χ4n) is 2.77. The highest BCUT2D eigenvalue weighted by atomic mass is 32.2. The smallest absolute Gasteiger partial charge is 0.331 e. The summed E-state index contributed by atoms with van der Waals surface area (Å²) in [5.74, 6) is -0.903. The first-order valence-electron chi connectivity index (χ1n) is 8.22. The molecule has 0 saturated carbocycles. The molecule has 1 aliphatic rings. The van der Waals surface area contributed by atoms with Crippen molar-refractivity contribution in [1.29, 1.82) is 0 Å². The largest absolute Gasteiger partial charge is 0.452 e. The Kier molecular flexibility index (Phi) is 6.36. The summed E-state index contributed by atoms with van der Waals surface area (Å²) in [7, 11) is -3.07. The molecule has 1 amide bonds. The standard InChI is InChI=1S/C18H23NO5S/c1-3-19(16-10-11-25(22,23)13-16)17(20)12-24-18(21)9-8-15-6-4-14(2)5-7-15/h4-9,16H,3,10-13H2,1-2H3/b9-8+/t16-/m0/s1. The SMILES string of the molecule is CCN(C(=O)COC(=O)/C=C/c1ccc(C)cc1)[C@H]1CCS(=O)(=O)C1. The molecule has 6 nitrogen and oxygen atoms in total. The fraction of sp³-hybridized carbons (Fsp3) is 0.444. The number of hydrogen-bond acceptors (Lipinski definition) is 5. The minimum absolute atomic E-state index is 0.0200. The second-order valence-electron chi connectivity index (χ2n) is 6.09. The zero-order valence-corrected chi connectivity index (χ0v) is 15.3. The van der Waals surface area contributed by atoms with Crippen molar-refractivity contribution in [1.82, 2.24) is 4.90 Å². The van der Waals surface area contributed by atoms with Gasteiger partial charge in [-0.05, 0) is 31.9 Å². The van der Waals surface area contributed by atoms with Crippen molar-refractivity contribution in [3.05, 3.63) is 41.5 Å². The average molecular weight is 365 g/mol. The molecule has 1 aliphatic heterocycles. The Morgan fingerprint density at radius 2 is 1.96 bits per heavy atom. The molecule has 0 unspecified atom stereocenters. The van der Waals surface area contributed by atoms with Crippen molar-refractivity contribution in [3.63, 3.8) is 0 Å². The van der Waals surface area contributed by atoms with Crippen LogP contribution in [-0.4, -0.2) is 55.9 Å². The van der Waals surface area contributed by atoms with Crippen LogP contribution in [-0.2, 0) is 24.2 Å². The quantitative estimate of drug-likeness (QED) is 0.565. The molecule has 2 rings (SSSR count). The molecule has 0 N–H and O–H groups in total. The summed E-state index contributed by atoms with van der Waals surface area (Å²) in [5, 5.41) is 0. The number of aryl methyl sites for hydroxylation is 1. The van der Waals surface area contributed by atoms with Gasteiger partial charge in [-0.25, -0.2) is 13.2 Å². The van der Waals surface area contributed by atoms with E-state index < -0.39 is 15.8 Å². The number of benzene rings is 1. The predicted octanol–water partition coefficient (Wildman–Crippen LogP) is 1.59. The van der Waals surface area contributed by atoms with E-state index in [0.29, 0.717) is 13.0 Å². The molecule has 1 aromatic carbocycles. The topological polar surface area (TPSA) is 80.8 Å². The maximum absolute atomic E-state index is 12.2. The molecular formula is C18H23NO5S. The molecule has 1 heterocycles. The van der Waals surface area contributed by atoms with Crippen LogP contribution in [0.1, 0.15) is 24.5 Å². The van der Waals surface area contributed by atoms with Gasteiger partial charge in [0.2, 0.25) is 0 Å². The second kappa shape index (κ2) is 8.29. The average Bonchev–Trinajstić information content (AvgIpc) is 2.92. The molecule has 136 valence electrons. The Labute approximate surface area is 148 Å². The number of amides is 1. The third-order valence-corrected chi connectivity index (χ3v) is 5.89. The monoisotopic (exact) mass is 365 g/mol. The lowest BCUT2D eigenvalue weighted by Crippen LogP contribution is -2.43. The minimum atomic E-state index is -3.07. The lowest BCUT2D eigenvalue weighted by molar-refractivity contribution is -0.149. The molecule has 0 bridgehead atoms. The van der Waals surface area contributed by atoms with Gasteiger partial charge in [-0.3, -0.25) is 4.79 Å². The third kappa shape index (κ3) is 5.70. The second-order valence-corrected chi connectivity index (χ2v) is 8.32. The van der Waals surface area contributed by atoms with E-state index in [1.54, 1.807) is 13.0 Å². The van der Waals surface area contributed by atoms with Crippen LogP contribution in [0.4, 0.5) is 0 Å². The minimum Gasteiger partial charge on any atom is -0.452 e. The molecule has 0 aliphatic carbocycles. The maximum Gasteiger partial charge on any atom is 0.331 e. The third-order valence-electron chi connectivity index (χ3n) is 4.14. The number of likely N-dealkylation sites (N-methyl/N-ethyl adjacent to an activating group) is 1. The highest BCUT2D eigenvalue weighted by Crippen LogP contribution is 2.17. The molecule has 0 radical (unpaired) electrons. The number of esters is 1. The molecule has 25 heavy (non-hydrogen) atoms. The van der Waals surface area contributed by atoms with E-state index in [9.17, 15) is 18.0 Å². The van der Waals surface area contributed by atoms with E-state index in [0.717, 1.165) is 11.1 Å². The van der Waals surface area contributed by atoms with E-state index in [4.69, 9.17) is 4.74 Å². The van der Waals surface area contributed by atoms with E-state index in [2.05, 4.69) is 0 Å². The highest BCUT2D eigenvalue weighted by Gasteiger charge is 2.34. The van der Waals surface area contributed by atoms with Crippen LogP contribution in [0, 0.1) is 6.92 Å². The zero-order valence-electron chi connectivity index (χ0n) is 14.5.